The molecule has 5 N–H and O–H groups in total. The summed E-state index contributed by atoms with van der Waals surface area (Å²) in [6, 6.07) is 0. The van der Waals surface area contributed by atoms with Gasteiger partial charge in [0.2, 0.25) is 0 Å². The zero-order valence-corrected chi connectivity index (χ0v) is 34.6. The maximum absolute atomic E-state index is 9.28. The minimum Gasteiger partial charge on any atom is -0.553 e. The molecule has 4 unspecified atom stereocenters. The van der Waals surface area contributed by atoms with Crippen LogP contribution in [-0.2, 0) is 33.2 Å². The molecule has 0 aromatic carbocycles. The molecule has 0 aromatic heterocycles. The molecule has 0 fully saturated rings. The summed E-state index contributed by atoms with van der Waals surface area (Å²) >= 11 is 0. The molecule has 0 heterocycles. The van der Waals surface area contributed by atoms with Gasteiger partial charge in [-0.3, -0.25) is 0 Å². The molecule has 0 bridgehead atoms. The monoisotopic (exact) mass is 1040 g/mol. The van der Waals surface area contributed by atoms with Gasteiger partial charge in [-0.25, -0.2) is 28.4 Å². The van der Waals surface area contributed by atoms with Gasteiger partial charge in [-0.05, 0) is 19.8 Å². The van der Waals surface area contributed by atoms with E-state index in [0.29, 0.717) is 45.9 Å². The van der Waals surface area contributed by atoms with Crippen molar-refractivity contribution in [3.05, 3.63) is 28.4 Å². The number of aliphatic hydroxyl groups is 5. The van der Waals surface area contributed by atoms with Crippen LogP contribution in [-0.4, -0.2) is 123 Å². The van der Waals surface area contributed by atoms with Gasteiger partial charge in [0.1, 0.15) is 0 Å². The van der Waals surface area contributed by atoms with Crippen LogP contribution < -0.4 is 0 Å². The topological polar surface area (TPSA) is 166 Å². The molecule has 0 radical (unpaired) electrons. The number of rotatable bonds is 21. The Kier molecular flexibility index (Phi) is 44.9. The zero-order valence-electron chi connectivity index (χ0n) is 21.8. The molecule has 0 spiro atoms. The second-order valence-corrected chi connectivity index (χ2v) is 6.89. The van der Waals surface area contributed by atoms with E-state index >= 15 is 0 Å². The molecular formula is C22H46O12Rf2-4. The number of hydrogen-bond donors (Lipinski definition) is 5. The molecule has 0 aliphatic heterocycles. The molecule has 0 amide bonds. The third-order valence-corrected chi connectivity index (χ3v) is 3.40. The average Bonchev–Trinajstić information content (AvgIpc) is 2.77. The third kappa shape index (κ3) is 45.1. The first-order valence-corrected chi connectivity index (χ1v) is 10.8. The van der Waals surface area contributed by atoms with Crippen LogP contribution in [0, 0.1) is 28.4 Å². The molecule has 0 aromatic rings. The van der Waals surface area contributed by atoms with Gasteiger partial charge in [-0.2, -0.15) is 0 Å². The van der Waals surface area contributed by atoms with Crippen LogP contribution in [0.15, 0.2) is 0 Å². The smallest absolute Gasteiger partial charge is 0.0976 e. The summed E-state index contributed by atoms with van der Waals surface area (Å²) in [6.45, 7) is 4.76. The van der Waals surface area contributed by atoms with Crippen molar-refractivity contribution in [2.45, 2.75) is 44.2 Å². The van der Waals surface area contributed by atoms with E-state index in [-0.39, 0.29) is 45.7 Å². The second kappa shape index (κ2) is 37.1. The van der Waals surface area contributed by atoms with Gasteiger partial charge >= 0.3 is 0 Å². The molecule has 4 atom stereocenters. The van der Waals surface area contributed by atoms with Gasteiger partial charge in [0, 0.05) is 39.6 Å². The summed E-state index contributed by atoms with van der Waals surface area (Å²) in [6.07, 6.45) is -1.10. The average molecular weight is 1040 g/mol. The van der Waals surface area contributed by atoms with Crippen LogP contribution in [0.5, 0.6) is 0 Å². The first kappa shape index (κ1) is 43.6. The van der Waals surface area contributed by atoms with Crippen molar-refractivity contribution >= 4 is 0 Å². The minimum atomic E-state index is -0.649. The fraction of sp³-hybridized carbons (Fsp3) is 0.818. The summed E-state index contributed by atoms with van der Waals surface area (Å²) in [7, 11) is 12.5. The molecule has 14 heteroatoms. The van der Waals surface area contributed by atoms with Crippen LogP contribution in [0.25, 0.3) is 0 Å². The van der Waals surface area contributed by atoms with Crippen molar-refractivity contribution in [3.63, 3.8) is 0 Å². The first-order chi connectivity index (χ1) is 16.3. The fourth-order valence-electron chi connectivity index (χ4n) is 1.84. The number of aliphatic hydroxyl groups excluding tert-OH is 5. The van der Waals surface area contributed by atoms with Crippen LogP contribution in [0.2, 0.25) is 0 Å². The van der Waals surface area contributed by atoms with E-state index in [0.717, 1.165) is 0 Å². The summed E-state index contributed by atoms with van der Waals surface area (Å²) in [5, 5.41) is 44.1. The largest absolute Gasteiger partial charge is 0.553 e. The van der Waals surface area contributed by atoms with Gasteiger partial charge < -0.3 is 58.7 Å². The maximum Gasteiger partial charge on any atom is 0.0976 e. The van der Waals surface area contributed by atoms with Crippen LogP contribution in [0.1, 0.15) is 19.8 Å². The van der Waals surface area contributed by atoms with E-state index in [2.05, 4.69) is 47.4 Å². The van der Waals surface area contributed by atoms with Gasteiger partial charge in [0.05, 0.1) is 57.5 Å². The Morgan fingerprint density at radius 1 is 0.528 bits per heavy atom. The molecule has 0 rings (SSSR count). The molecular weight excluding hydrogens is 990 g/mol. The summed E-state index contributed by atoms with van der Waals surface area (Å²) in [4.78, 5) is 0. The SMILES string of the molecule is [CH2-]OCC(C)O.[CH2-]OCC(O)CCOCCOCCC(O)CO[CH2-].[CH2-]OCC(O)COCCO.[Rf].[Rf]. The molecule has 0 aliphatic rings. The normalized spacial score (nSPS) is 13.5. The zero-order chi connectivity index (χ0) is 26.5. The maximum atomic E-state index is 9.28. The van der Waals surface area contributed by atoms with Crippen molar-refractivity contribution in [3.8, 4) is 0 Å². The Balaban J connectivity index is -0.000000151. The standard InChI is InChI=1S/C12H24O6.C6H13O4.C4H9O2.2Rf/c1-15-9-11(13)3-5-17-7-8-18-6-4-12(14)10-16-2;1-9-4-6(8)5-10-3-2-7;1-4(5)3-6-2;;/h11-14H,1-10H2;6-8H,1-5H2;4-5H,2-3H2,1H3;;/q-2;2*-1;;. The van der Waals surface area contributed by atoms with E-state index in [9.17, 15) is 10.2 Å². The predicted molar refractivity (Wildman–Crippen MR) is 124 cm³/mol. The van der Waals surface area contributed by atoms with E-state index in [1.165, 1.54) is 0 Å². The summed E-state index contributed by atoms with van der Waals surface area (Å²) in [5.74, 6) is 0. The van der Waals surface area contributed by atoms with E-state index in [1.54, 1.807) is 6.92 Å². The second-order valence-electron chi connectivity index (χ2n) is 6.89. The Hall–Kier alpha value is -2.48. The summed E-state index contributed by atoms with van der Waals surface area (Å²) < 4.78 is 33.1. The molecule has 36 heavy (non-hydrogen) atoms. The van der Waals surface area contributed by atoms with Gasteiger partial charge in [-0.1, -0.05) is 0 Å². The predicted octanol–water partition coefficient (Wildman–Crippen LogP) is -0.522. The minimum absolute atomic E-state index is 0. The quantitative estimate of drug-likeness (QED) is 0.0740. The van der Waals surface area contributed by atoms with Gasteiger partial charge in [-0.15, -0.1) is 0 Å². The molecule has 12 nitrogen and oxygen atoms in total. The Morgan fingerprint density at radius 2 is 0.917 bits per heavy atom. The third-order valence-electron chi connectivity index (χ3n) is 3.40. The fourth-order valence-corrected chi connectivity index (χ4v) is 1.84. The molecule has 0 saturated carbocycles. The van der Waals surface area contributed by atoms with Gasteiger partial charge in [0.15, 0.2) is 0 Å². The Morgan fingerprint density at radius 3 is 1.22 bits per heavy atom. The van der Waals surface area contributed by atoms with Crippen LogP contribution in [0.3, 0.4) is 0 Å². The molecule has 0 saturated heterocycles. The first-order valence-electron chi connectivity index (χ1n) is 10.8. The number of hydrogen-bond acceptors (Lipinski definition) is 12. The molecule has 0 aliphatic carbocycles. The number of ether oxygens (including phenoxy) is 7. The Labute approximate surface area is 204 Å². The molecule has 214 valence electrons. The van der Waals surface area contributed by atoms with Crippen molar-refractivity contribution < 1.29 is 58.7 Å². The summed E-state index contributed by atoms with van der Waals surface area (Å²) in [5.41, 5.74) is 0. The van der Waals surface area contributed by atoms with E-state index in [1.807, 2.05) is 0 Å². The van der Waals surface area contributed by atoms with Crippen LogP contribution >= 0.6 is 0 Å². The van der Waals surface area contributed by atoms with E-state index < -0.39 is 18.3 Å². The van der Waals surface area contributed by atoms with E-state index in [4.69, 9.17) is 29.5 Å². The Bertz CT molecular complexity index is 343. The van der Waals surface area contributed by atoms with Crippen LogP contribution in [0.4, 0.5) is 0 Å². The van der Waals surface area contributed by atoms with Crippen molar-refractivity contribution in [1.29, 1.82) is 0 Å². The van der Waals surface area contributed by atoms with Gasteiger partial charge in [0.25, 0.3) is 0 Å². The van der Waals surface area contributed by atoms with Crippen molar-refractivity contribution in [1.82, 2.24) is 0 Å². The van der Waals surface area contributed by atoms with Crippen molar-refractivity contribution in [2.75, 3.05) is 72.7 Å². The van der Waals surface area contributed by atoms with Crippen molar-refractivity contribution in [2.24, 2.45) is 0 Å².